The molecular formula is C18H14BrClN4O2. The van der Waals surface area contributed by atoms with Crippen LogP contribution in [0.2, 0.25) is 5.02 Å². The van der Waals surface area contributed by atoms with Gasteiger partial charge in [0, 0.05) is 20.7 Å². The number of carbonyl (C=O) groups is 1. The molecule has 26 heavy (non-hydrogen) atoms. The molecule has 1 atom stereocenters. The molecule has 1 unspecified atom stereocenters. The van der Waals surface area contributed by atoms with Crippen molar-refractivity contribution in [3.05, 3.63) is 68.8 Å². The van der Waals surface area contributed by atoms with Crippen LogP contribution in [-0.4, -0.2) is 20.8 Å². The van der Waals surface area contributed by atoms with Gasteiger partial charge in [-0.15, -0.1) is 0 Å². The molecule has 2 aromatic carbocycles. The van der Waals surface area contributed by atoms with Gasteiger partial charge >= 0.3 is 0 Å². The number of aryl methyl sites for hydroxylation is 1. The Morgan fingerprint density at radius 1 is 1.31 bits per heavy atom. The van der Waals surface area contributed by atoms with E-state index in [1.807, 2.05) is 0 Å². The number of nitrogens with two attached hydrogens (primary N) is 1. The number of rotatable bonds is 2. The topological polar surface area (TPSA) is 93.2 Å². The van der Waals surface area contributed by atoms with Crippen molar-refractivity contribution < 1.29 is 9.90 Å². The molecule has 0 radical (unpaired) electrons. The maximum Gasteiger partial charge on any atom is 0.266 e. The van der Waals surface area contributed by atoms with Gasteiger partial charge in [0.2, 0.25) is 5.60 Å². The van der Waals surface area contributed by atoms with Crippen molar-refractivity contribution in [2.24, 2.45) is 0 Å². The standard InChI is InChI=1S/C18H14BrClN4O2/c1-9-15(16(21)24(23-9)12-4-2-3-11(20)8-12)18(26)13-7-10(19)5-6-14(13)22-17(18)25/h2-8,26H,21H2,1H3,(H,22,25). The molecule has 1 aromatic heterocycles. The smallest absolute Gasteiger partial charge is 0.266 e. The number of aliphatic hydroxyl groups is 1. The molecule has 4 rings (SSSR count). The SMILES string of the molecule is Cc1nn(-c2cccc(Cl)c2)c(N)c1C1(O)C(=O)Nc2ccc(Br)cc21. The molecule has 6 nitrogen and oxygen atoms in total. The van der Waals surface area contributed by atoms with Crippen molar-refractivity contribution in [3.63, 3.8) is 0 Å². The minimum absolute atomic E-state index is 0.176. The Labute approximate surface area is 162 Å². The highest BCUT2D eigenvalue weighted by Gasteiger charge is 2.50. The molecule has 0 aliphatic carbocycles. The van der Waals surface area contributed by atoms with E-state index in [9.17, 15) is 9.90 Å². The van der Waals surface area contributed by atoms with Crippen molar-refractivity contribution in [1.82, 2.24) is 9.78 Å². The fourth-order valence-electron chi connectivity index (χ4n) is 3.31. The zero-order chi connectivity index (χ0) is 18.6. The third kappa shape index (κ3) is 2.35. The van der Waals surface area contributed by atoms with Gasteiger partial charge in [0.25, 0.3) is 5.91 Å². The minimum atomic E-state index is -1.93. The molecule has 8 heteroatoms. The molecule has 132 valence electrons. The van der Waals surface area contributed by atoms with Crippen LogP contribution in [0.5, 0.6) is 0 Å². The average molecular weight is 434 g/mol. The summed E-state index contributed by atoms with van der Waals surface area (Å²) in [4.78, 5) is 12.7. The van der Waals surface area contributed by atoms with Gasteiger partial charge in [-0.1, -0.05) is 33.6 Å². The summed E-state index contributed by atoms with van der Waals surface area (Å²) >= 11 is 9.43. The number of hydrogen-bond acceptors (Lipinski definition) is 4. The predicted octanol–water partition coefficient (Wildman–Crippen LogP) is 3.37. The van der Waals surface area contributed by atoms with E-state index in [1.54, 1.807) is 49.4 Å². The van der Waals surface area contributed by atoms with E-state index in [1.165, 1.54) is 4.68 Å². The molecule has 1 amide bonds. The van der Waals surface area contributed by atoms with Gasteiger partial charge in [-0.05, 0) is 43.3 Å². The van der Waals surface area contributed by atoms with E-state index in [0.29, 0.717) is 27.7 Å². The van der Waals surface area contributed by atoms with Gasteiger partial charge in [-0.3, -0.25) is 4.79 Å². The van der Waals surface area contributed by atoms with E-state index in [4.69, 9.17) is 17.3 Å². The maximum absolute atomic E-state index is 12.7. The molecule has 0 fully saturated rings. The average Bonchev–Trinajstić information content (AvgIpc) is 3.02. The number of carbonyl (C=O) groups excluding carboxylic acids is 1. The summed E-state index contributed by atoms with van der Waals surface area (Å²) in [5, 5.41) is 19.0. The fraction of sp³-hybridized carbons (Fsp3) is 0.111. The lowest BCUT2D eigenvalue weighted by Gasteiger charge is -2.21. The van der Waals surface area contributed by atoms with Crippen LogP contribution in [0.1, 0.15) is 16.8 Å². The van der Waals surface area contributed by atoms with Gasteiger partial charge in [0.05, 0.1) is 16.9 Å². The van der Waals surface area contributed by atoms with Crippen LogP contribution in [0, 0.1) is 6.92 Å². The van der Waals surface area contributed by atoms with Crippen molar-refractivity contribution in [2.75, 3.05) is 11.1 Å². The fourth-order valence-corrected chi connectivity index (χ4v) is 3.85. The third-order valence-electron chi connectivity index (χ3n) is 4.46. The lowest BCUT2D eigenvalue weighted by Crippen LogP contribution is -2.36. The molecule has 0 saturated carbocycles. The Balaban J connectivity index is 1.95. The number of benzene rings is 2. The van der Waals surface area contributed by atoms with Gasteiger partial charge in [-0.2, -0.15) is 5.10 Å². The van der Waals surface area contributed by atoms with Crippen molar-refractivity contribution in [3.8, 4) is 5.69 Å². The summed E-state index contributed by atoms with van der Waals surface area (Å²) in [6.45, 7) is 1.70. The number of anilines is 2. The van der Waals surface area contributed by atoms with Crippen molar-refractivity contribution >= 4 is 44.9 Å². The third-order valence-corrected chi connectivity index (χ3v) is 5.19. The van der Waals surface area contributed by atoms with Crippen LogP contribution in [0.15, 0.2) is 46.9 Å². The highest BCUT2D eigenvalue weighted by Crippen LogP contribution is 2.45. The van der Waals surface area contributed by atoms with Crippen LogP contribution >= 0.6 is 27.5 Å². The van der Waals surface area contributed by atoms with E-state index in [2.05, 4.69) is 26.3 Å². The largest absolute Gasteiger partial charge is 0.383 e. The number of halogens is 2. The molecule has 0 spiro atoms. The van der Waals surface area contributed by atoms with Crippen LogP contribution in [-0.2, 0) is 10.4 Å². The van der Waals surface area contributed by atoms with Gasteiger partial charge in [0.1, 0.15) is 5.82 Å². The van der Waals surface area contributed by atoms with Gasteiger partial charge in [0.15, 0.2) is 0 Å². The summed E-state index contributed by atoms with van der Waals surface area (Å²) in [5.74, 6) is -0.388. The number of amides is 1. The zero-order valence-corrected chi connectivity index (χ0v) is 16.0. The number of hydrogen-bond donors (Lipinski definition) is 3. The quantitative estimate of drug-likeness (QED) is 0.578. The van der Waals surface area contributed by atoms with E-state index in [0.717, 1.165) is 4.47 Å². The van der Waals surface area contributed by atoms with E-state index < -0.39 is 11.5 Å². The number of nitrogens with zero attached hydrogens (tertiary/aromatic N) is 2. The minimum Gasteiger partial charge on any atom is -0.383 e. The van der Waals surface area contributed by atoms with Gasteiger partial charge < -0.3 is 16.2 Å². The Kier molecular flexibility index (Phi) is 3.83. The summed E-state index contributed by atoms with van der Waals surface area (Å²) in [6.07, 6.45) is 0. The summed E-state index contributed by atoms with van der Waals surface area (Å²) in [6, 6.07) is 12.2. The summed E-state index contributed by atoms with van der Waals surface area (Å²) in [7, 11) is 0. The Hall–Kier alpha value is -2.35. The highest BCUT2D eigenvalue weighted by molar-refractivity contribution is 9.10. The van der Waals surface area contributed by atoms with Crippen LogP contribution in [0.4, 0.5) is 11.5 Å². The number of nitrogen functional groups attached to an aromatic ring is 1. The summed E-state index contributed by atoms with van der Waals surface area (Å²) in [5.41, 5.74) is 6.70. The molecule has 2 heterocycles. The lowest BCUT2D eigenvalue weighted by molar-refractivity contribution is -0.129. The second-order valence-electron chi connectivity index (χ2n) is 6.09. The zero-order valence-electron chi connectivity index (χ0n) is 13.6. The molecule has 0 saturated heterocycles. The Bertz CT molecular complexity index is 1070. The van der Waals surface area contributed by atoms with Crippen LogP contribution in [0.25, 0.3) is 5.69 Å². The van der Waals surface area contributed by atoms with E-state index in [-0.39, 0.29) is 11.4 Å². The first-order chi connectivity index (χ1) is 12.3. The first kappa shape index (κ1) is 17.1. The van der Waals surface area contributed by atoms with Gasteiger partial charge in [-0.25, -0.2) is 4.68 Å². The molecule has 1 aliphatic heterocycles. The second kappa shape index (κ2) is 5.84. The molecule has 0 bridgehead atoms. The van der Waals surface area contributed by atoms with Crippen LogP contribution in [0.3, 0.4) is 0 Å². The Morgan fingerprint density at radius 3 is 2.81 bits per heavy atom. The number of aromatic nitrogens is 2. The highest BCUT2D eigenvalue weighted by atomic mass is 79.9. The lowest BCUT2D eigenvalue weighted by atomic mass is 9.87. The number of fused-ring (bicyclic) bond motifs is 1. The monoisotopic (exact) mass is 432 g/mol. The first-order valence-electron chi connectivity index (χ1n) is 7.77. The van der Waals surface area contributed by atoms with Crippen molar-refractivity contribution in [2.45, 2.75) is 12.5 Å². The Morgan fingerprint density at radius 2 is 2.08 bits per heavy atom. The van der Waals surface area contributed by atoms with Crippen LogP contribution < -0.4 is 11.1 Å². The second-order valence-corrected chi connectivity index (χ2v) is 7.44. The summed E-state index contributed by atoms with van der Waals surface area (Å²) < 4.78 is 2.21. The number of nitrogens with one attached hydrogen (secondary N) is 1. The maximum atomic E-state index is 12.7. The molecule has 4 N–H and O–H groups in total. The molecule has 1 aliphatic rings. The first-order valence-corrected chi connectivity index (χ1v) is 8.95. The van der Waals surface area contributed by atoms with E-state index >= 15 is 0 Å². The molecular weight excluding hydrogens is 420 g/mol. The normalized spacial score (nSPS) is 18.7. The molecule has 3 aromatic rings. The van der Waals surface area contributed by atoms with Crippen molar-refractivity contribution in [1.29, 1.82) is 0 Å². The predicted molar refractivity (Wildman–Crippen MR) is 103 cm³/mol.